The molecule has 0 bridgehead atoms. The molecule has 0 radical (unpaired) electrons. The van der Waals surface area contributed by atoms with Crippen molar-refractivity contribution in [3.05, 3.63) is 12.7 Å². The molecule has 14 heavy (non-hydrogen) atoms. The molecule has 4 atom stereocenters. The molecule has 82 valence electrons. The molecule has 2 N–H and O–H groups in total. The van der Waals surface area contributed by atoms with Gasteiger partial charge in [0.15, 0.2) is 0 Å². The molecule has 0 aromatic rings. The molecule has 1 saturated carbocycles. The van der Waals surface area contributed by atoms with Gasteiger partial charge in [-0.1, -0.05) is 19.4 Å². The summed E-state index contributed by atoms with van der Waals surface area (Å²) in [6.07, 6.45) is 4.86. The fraction of sp³-hybridized carbons (Fsp3) is 0.833. The Balaban J connectivity index is 2.74. The smallest absolute Gasteiger partial charge is 0.0631 e. The highest BCUT2D eigenvalue weighted by molar-refractivity contribution is 4.97. The summed E-state index contributed by atoms with van der Waals surface area (Å²) in [5.74, 6) is 0.234. The van der Waals surface area contributed by atoms with E-state index in [1.807, 2.05) is 6.92 Å². The highest BCUT2D eigenvalue weighted by atomic mass is 16.3. The van der Waals surface area contributed by atoms with E-state index in [1.165, 1.54) is 0 Å². The zero-order valence-electron chi connectivity index (χ0n) is 9.24. The SMILES string of the molecule is C=CC[C@H](O)[C@@]1(C)CCC[C@H]1[C@H](C)O. The Bertz CT molecular complexity index is 200. The second kappa shape index (κ2) is 4.45. The van der Waals surface area contributed by atoms with Gasteiger partial charge in [-0.15, -0.1) is 6.58 Å². The average Bonchev–Trinajstić information content (AvgIpc) is 2.49. The Labute approximate surface area is 86.6 Å². The van der Waals surface area contributed by atoms with Crippen LogP contribution < -0.4 is 0 Å². The molecule has 0 unspecified atom stereocenters. The van der Waals surface area contributed by atoms with Gasteiger partial charge in [0.05, 0.1) is 12.2 Å². The summed E-state index contributed by atoms with van der Waals surface area (Å²) >= 11 is 0. The zero-order valence-corrected chi connectivity index (χ0v) is 9.24. The predicted octanol–water partition coefficient (Wildman–Crippen LogP) is 2.11. The van der Waals surface area contributed by atoms with Crippen LogP contribution in [0.1, 0.15) is 39.5 Å². The minimum absolute atomic E-state index is 0.123. The van der Waals surface area contributed by atoms with Crippen molar-refractivity contribution in [3.8, 4) is 0 Å². The van der Waals surface area contributed by atoms with Crippen molar-refractivity contribution in [2.45, 2.75) is 51.7 Å². The van der Waals surface area contributed by atoms with Gasteiger partial charge >= 0.3 is 0 Å². The standard InChI is InChI=1S/C12H22O2/c1-4-6-11(14)12(3)8-5-7-10(12)9(2)13/h4,9-11,13-14H,1,5-8H2,2-3H3/t9-,10-,11-,12-/m0/s1. The third-order valence-corrected chi connectivity index (χ3v) is 3.81. The summed E-state index contributed by atoms with van der Waals surface area (Å²) in [5.41, 5.74) is -0.123. The lowest BCUT2D eigenvalue weighted by molar-refractivity contribution is -0.0323. The molecular weight excluding hydrogens is 176 g/mol. The first kappa shape index (κ1) is 11.7. The zero-order chi connectivity index (χ0) is 10.8. The molecule has 0 saturated heterocycles. The maximum Gasteiger partial charge on any atom is 0.0631 e. The Morgan fingerprint density at radius 1 is 1.57 bits per heavy atom. The van der Waals surface area contributed by atoms with Crippen LogP contribution in [-0.2, 0) is 0 Å². The molecule has 2 heteroatoms. The number of aliphatic hydroxyl groups is 2. The maximum absolute atomic E-state index is 10.0. The van der Waals surface area contributed by atoms with Crippen molar-refractivity contribution in [2.24, 2.45) is 11.3 Å². The van der Waals surface area contributed by atoms with Gasteiger partial charge < -0.3 is 10.2 Å². The van der Waals surface area contributed by atoms with E-state index in [9.17, 15) is 10.2 Å². The van der Waals surface area contributed by atoms with Gasteiger partial charge in [-0.3, -0.25) is 0 Å². The molecule has 0 spiro atoms. The van der Waals surface area contributed by atoms with Crippen LogP contribution in [-0.4, -0.2) is 22.4 Å². The molecular formula is C12H22O2. The largest absolute Gasteiger partial charge is 0.393 e. The average molecular weight is 198 g/mol. The Kier molecular flexibility index (Phi) is 3.73. The van der Waals surface area contributed by atoms with Gasteiger partial charge in [0.1, 0.15) is 0 Å². The fourth-order valence-corrected chi connectivity index (χ4v) is 2.85. The van der Waals surface area contributed by atoms with Crippen molar-refractivity contribution in [3.63, 3.8) is 0 Å². The van der Waals surface area contributed by atoms with Gasteiger partial charge in [0.2, 0.25) is 0 Å². The maximum atomic E-state index is 10.0. The molecule has 2 nitrogen and oxygen atoms in total. The molecule has 0 aromatic heterocycles. The first-order chi connectivity index (χ1) is 6.52. The van der Waals surface area contributed by atoms with Crippen LogP contribution in [0.4, 0.5) is 0 Å². The molecule has 0 aliphatic heterocycles. The lowest BCUT2D eigenvalue weighted by Gasteiger charge is -2.37. The van der Waals surface area contributed by atoms with Crippen molar-refractivity contribution >= 4 is 0 Å². The van der Waals surface area contributed by atoms with Crippen LogP contribution in [0.5, 0.6) is 0 Å². The lowest BCUT2D eigenvalue weighted by atomic mass is 9.72. The van der Waals surface area contributed by atoms with E-state index < -0.39 is 0 Å². The van der Waals surface area contributed by atoms with Crippen molar-refractivity contribution in [1.29, 1.82) is 0 Å². The van der Waals surface area contributed by atoms with Gasteiger partial charge in [0, 0.05) is 0 Å². The van der Waals surface area contributed by atoms with Gasteiger partial charge in [-0.25, -0.2) is 0 Å². The second-order valence-corrected chi connectivity index (χ2v) is 4.79. The van der Waals surface area contributed by atoms with E-state index >= 15 is 0 Å². The molecule has 0 heterocycles. The minimum Gasteiger partial charge on any atom is -0.393 e. The first-order valence-corrected chi connectivity index (χ1v) is 5.49. The molecule has 0 amide bonds. The molecule has 0 aromatic carbocycles. The topological polar surface area (TPSA) is 40.5 Å². The van der Waals surface area contributed by atoms with E-state index in [2.05, 4.69) is 13.5 Å². The quantitative estimate of drug-likeness (QED) is 0.679. The molecule has 1 rings (SSSR count). The van der Waals surface area contributed by atoms with Crippen molar-refractivity contribution < 1.29 is 10.2 Å². The monoisotopic (exact) mass is 198 g/mol. The Morgan fingerprint density at radius 3 is 2.71 bits per heavy atom. The van der Waals surface area contributed by atoms with E-state index in [0.29, 0.717) is 6.42 Å². The Morgan fingerprint density at radius 2 is 2.21 bits per heavy atom. The van der Waals surface area contributed by atoms with Crippen LogP contribution in [0.3, 0.4) is 0 Å². The van der Waals surface area contributed by atoms with Gasteiger partial charge in [-0.2, -0.15) is 0 Å². The van der Waals surface area contributed by atoms with Crippen LogP contribution in [0, 0.1) is 11.3 Å². The highest BCUT2D eigenvalue weighted by Crippen LogP contribution is 2.48. The summed E-state index contributed by atoms with van der Waals surface area (Å²) in [7, 11) is 0. The molecule has 1 aliphatic rings. The summed E-state index contributed by atoms with van der Waals surface area (Å²) in [5, 5.41) is 19.7. The van der Waals surface area contributed by atoms with Crippen LogP contribution in [0.25, 0.3) is 0 Å². The number of rotatable bonds is 4. The van der Waals surface area contributed by atoms with Crippen molar-refractivity contribution in [1.82, 2.24) is 0 Å². The minimum atomic E-state index is -0.359. The molecule has 1 fully saturated rings. The third kappa shape index (κ3) is 2.01. The van der Waals surface area contributed by atoms with Crippen LogP contribution in [0.2, 0.25) is 0 Å². The van der Waals surface area contributed by atoms with Gasteiger partial charge in [-0.05, 0) is 37.5 Å². The lowest BCUT2D eigenvalue weighted by Crippen LogP contribution is -2.40. The second-order valence-electron chi connectivity index (χ2n) is 4.79. The van der Waals surface area contributed by atoms with Crippen molar-refractivity contribution in [2.75, 3.05) is 0 Å². The van der Waals surface area contributed by atoms with Crippen LogP contribution in [0.15, 0.2) is 12.7 Å². The molecule has 1 aliphatic carbocycles. The van der Waals surface area contributed by atoms with E-state index in [-0.39, 0.29) is 23.5 Å². The van der Waals surface area contributed by atoms with Crippen LogP contribution >= 0.6 is 0 Å². The summed E-state index contributed by atoms with van der Waals surface area (Å²) in [4.78, 5) is 0. The fourth-order valence-electron chi connectivity index (χ4n) is 2.85. The van der Waals surface area contributed by atoms with E-state index in [4.69, 9.17) is 0 Å². The third-order valence-electron chi connectivity index (χ3n) is 3.81. The normalized spacial score (nSPS) is 36.7. The van der Waals surface area contributed by atoms with Gasteiger partial charge in [0.25, 0.3) is 0 Å². The number of aliphatic hydroxyl groups excluding tert-OH is 2. The summed E-state index contributed by atoms with van der Waals surface area (Å²) in [6.45, 7) is 7.57. The van der Waals surface area contributed by atoms with E-state index in [1.54, 1.807) is 6.08 Å². The predicted molar refractivity (Wildman–Crippen MR) is 57.9 cm³/mol. The first-order valence-electron chi connectivity index (χ1n) is 5.49. The summed E-state index contributed by atoms with van der Waals surface area (Å²) in [6, 6.07) is 0. The highest BCUT2D eigenvalue weighted by Gasteiger charge is 2.45. The number of hydrogen-bond acceptors (Lipinski definition) is 2. The van der Waals surface area contributed by atoms with E-state index in [0.717, 1.165) is 19.3 Å². The Hall–Kier alpha value is -0.340. The number of hydrogen-bond donors (Lipinski definition) is 2. The summed E-state index contributed by atoms with van der Waals surface area (Å²) < 4.78 is 0.